The molecule has 2 radical (unpaired) electrons. The van der Waals surface area contributed by atoms with Gasteiger partial charge in [0.15, 0.2) is 0 Å². The van der Waals surface area contributed by atoms with E-state index in [0.29, 0.717) is 6.42 Å². The molecule has 0 bridgehead atoms. The van der Waals surface area contributed by atoms with Crippen LogP contribution in [0.1, 0.15) is 26.7 Å². The molecule has 1 heterocycles. The summed E-state index contributed by atoms with van der Waals surface area (Å²) in [5.74, 6) is 0. The van der Waals surface area contributed by atoms with Crippen LogP contribution in [0.5, 0.6) is 0 Å². The van der Waals surface area contributed by atoms with Crippen LogP contribution in [0.25, 0.3) is 0 Å². The lowest BCUT2D eigenvalue weighted by molar-refractivity contribution is -0.000319. The van der Waals surface area contributed by atoms with Gasteiger partial charge in [0.25, 0.3) is 0 Å². The zero-order valence-corrected chi connectivity index (χ0v) is 10.9. The Hall–Kier alpha value is 0.555. The summed E-state index contributed by atoms with van der Waals surface area (Å²) in [4.78, 5) is 9.55. The molecule has 1 aliphatic heterocycles. The van der Waals surface area contributed by atoms with Crippen LogP contribution in [0.15, 0.2) is 0 Å². The zero-order chi connectivity index (χ0) is 11.7. The van der Waals surface area contributed by atoms with Gasteiger partial charge in [-0.2, -0.15) is 0 Å². The number of rotatable bonds is 4. The molecule has 0 amide bonds. The van der Waals surface area contributed by atoms with Crippen LogP contribution in [-0.2, 0) is 25.6 Å². The first-order valence-electron chi connectivity index (χ1n) is 4.83. The third-order valence-corrected chi connectivity index (χ3v) is 4.05. The van der Waals surface area contributed by atoms with Crippen LogP contribution in [0, 0.1) is 0 Å². The van der Waals surface area contributed by atoms with Crippen LogP contribution in [0.3, 0.4) is 0 Å². The summed E-state index contributed by atoms with van der Waals surface area (Å²) in [5, 5.41) is 0. The van der Waals surface area contributed by atoms with Crippen molar-refractivity contribution in [1.29, 1.82) is 0 Å². The van der Waals surface area contributed by atoms with Crippen molar-refractivity contribution in [3.05, 3.63) is 0 Å². The Bertz CT molecular complexity index is 273. The second-order valence-electron chi connectivity index (χ2n) is 3.88. The van der Waals surface area contributed by atoms with Gasteiger partial charge in [-0.3, -0.25) is 0 Å². The van der Waals surface area contributed by atoms with Gasteiger partial charge in [0.2, 0.25) is 0 Å². The fourth-order valence-electron chi connectivity index (χ4n) is 1.67. The Morgan fingerprint density at radius 3 is 2.80 bits per heavy atom. The second kappa shape index (κ2) is 4.82. The first-order valence-corrected chi connectivity index (χ1v) is 7.42. The van der Waals surface area contributed by atoms with Crippen molar-refractivity contribution in [2.45, 2.75) is 44.4 Å². The monoisotopic (exact) mass is 250 g/mol. The van der Waals surface area contributed by atoms with Gasteiger partial charge in [0.1, 0.15) is 7.85 Å². The van der Waals surface area contributed by atoms with Gasteiger partial charge < -0.3 is 18.7 Å². The number of hydrogen-bond acceptors (Lipinski definition) is 4. The molecule has 15 heavy (non-hydrogen) atoms. The molecule has 1 fully saturated rings. The molecule has 0 aromatic carbocycles. The van der Waals surface area contributed by atoms with Gasteiger partial charge in [-0.05, 0) is 31.6 Å². The molecule has 4 nitrogen and oxygen atoms in total. The van der Waals surface area contributed by atoms with E-state index in [1.54, 1.807) is 6.92 Å². The maximum atomic E-state index is 9.55. The van der Waals surface area contributed by atoms with Crippen LogP contribution < -0.4 is 0 Å². The van der Waals surface area contributed by atoms with E-state index in [1.165, 1.54) is 7.11 Å². The van der Waals surface area contributed by atoms with Gasteiger partial charge in [-0.15, -0.1) is 0 Å². The Morgan fingerprint density at radius 1 is 1.73 bits per heavy atom. The van der Waals surface area contributed by atoms with Gasteiger partial charge in [0.05, 0.1) is 12.2 Å². The molecule has 1 saturated heterocycles. The van der Waals surface area contributed by atoms with Gasteiger partial charge in [-0.1, -0.05) is 6.92 Å². The summed E-state index contributed by atoms with van der Waals surface area (Å²) < 4.78 is 15.6. The van der Waals surface area contributed by atoms with Crippen LogP contribution in [0.4, 0.5) is 0 Å². The topological polar surface area (TPSA) is 47.9 Å². The zero-order valence-electron chi connectivity index (χ0n) is 9.17. The van der Waals surface area contributed by atoms with E-state index >= 15 is 0 Å². The van der Waals surface area contributed by atoms with Crippen molar-refractivity contribution in [3.8, 4) is 0 Å². The van der Waals surface area contributed by atoms with Crippen molar-refractivity contribution in [2.75, 3.05) is 7.11 Å². The van der Waals surface area contributed by atoms with Gasteiger partial charge in [0, 0.05) is 12.6 Å². The first-order chi connectivity index (χ1) is 6.79. The summed E-state index contributed by atoms with van der Waals surface area (Å²) in [5.41, 5.74) is -0.714. The van der Waals surface area contributed by atoms with Crippen LogP contribution in [-0.4, -0.2) is 37.6 Å². The van der Waals surface area contributed by atoms with E-state index in [0.717, 1.165) is 6.42 Å². The second-order valence-corrected chi connectivity index (χ2v) is 6.77. The highest BCUT2D eigenvalue weighted by Gasteiger charge is 2.41. The van der Waals surface area contributed by atoms with E-state index in [2.05, 4.69) is 0 Å². The van der Waals surface area contributed by atoms with Crippen molar-refractivity contribution < 1.29 is 18.7 Å². The summed E-state index contributed by atoms with van der Waals surface area (Å²) >= 11 is 4.78. The Balaban J connectivity index is 2.66. The molecule has 0 aromatic heterocycles. The molecule has 1 rings (SSSR count). The lowest BCUT2D eigenvalue weighted by atomic mass is 9.81. The maximum Gasteiger partial charge on any atom is 0.324 e. The normalized spacial score (nSPS) is 40.3. The predicted molar refractivity (Wildman–Crippen MR) is 62.3 cm³/mol. The molecule has 0 aliphatic carbocycles. The highest BCUT2D eigenvalue weighted by Crippen LogP contribution is 2.48. The number of hydrogen-bond donors (Lipinski definition) is 1. The lowest BCUT2D eigenvalue weighted by Gasteiger charge is -2.21. The quantitative estimate of drug-likeness (QED) is 0.602. The fraction of sp³-hybridized carbons (Fsp3) is 1.00. The van der Waals surface area contributed by atoms with Crippen LogP contribution in [0.2, 0.25) is 0 Å². The molecule has 4 atom stereocenters. The molecule has 0 spiro atoms. The molecule has 1 aliphatic rings. The van der Waals surface area contributed by atoms with E-state index in [4.69, 9.17) is 33.4 Å². The lowest BCUT2D eigenvalue weighted by Crippen LogP contribution is -2.24. The molecular formula is C8H16BO4PS. The summed E-state index contributed by atoms with van der Waals surface area (Å²) in [6.45, 7) is 0.621. The van der Waals surface area contributed by atoms with Crippen molar-refractivity contribution in [1.82, 2.24) is 0 Å². The third kappa shape index (κ3) is 3.81. The van der Waals surface area contributed by atoms with Gasteiger partial charge in [-0.25, -0.2) is 0 Å². The molecule has 1 N–H and O–H groups in total. The minimum Gasteiger partial charge on any atom is -0.379 e. The number of ether oxygens (including phenoxy) is 1. The Labute approximate surface area is 97.0 Å². The minimum absolute atomic E-state index is 0.135. The summed E-state index contributed by atoms with van der Waals surface area (Å²) in [6, 6.07) is 0. The molecule has 7 heteroatoms. The predicted octanol–water partition coefficient (Wildman–Crippen LogP) is 1.32. The highest BCUT2D eigenvalue weighted by atomic mass is 32.5. The molecule has 0 aromatic rings. The minimum atomic E-state index is -3.13. The third-order valence-electron chi connectivity index (χ3n) is 2.34. The smallest absolute Gasteiger partial charge is 0.324 e. The van der Waals surface area contributed by atoms with E-state index in [-0.39, 0.29) is 12.2 Å². The Kier molecular flexibility index (Phi) is 4.38. The van der Waals surface area contributed by atoms with Crippen LogP contribution >= 0.6 is 6.72 Å². The van der Waals surface area contributed by atoms with E-state index < -0.39 is 12.2 Å². The molecule has 3 unspecified atom stereocenters. The van der Waals surface area contributed by atoms with E-state index in [9.17, 15) is 4.89 Å². The van der Waals surface area contributed by atoms with Gasteiger partial charge >= 0.3 is 6.72 Å². The standard InChI is InChI=1S/C8H16BO4PS/c1-4-6-7(5-8(2,9)12-6)13-14(10,15)11-3/h6-7H,4-5H2,1-3H3,(H,10,15)/t6-,7?,8?,14?/m1/s1. The molecule has 86 valence electrons. The fourth-order valence-corrected chi connectivity index (χ4v) is 2.64. The summed E-state index contributed by atoms with van der Waals surface area (Å²) in [6.07, 6.45) is 0.843. The SMILES string of the molecule is [B]C1(C)CC(OP(O)(=S)OC)[C@@H](CC)O1. The van der Waals surface area contributed by atoms with Crippen molar-refractivity contribution in [2.24, 2.45) is 0 Å². The average molecular weight is 250 g/mol. The molecular weight excluding hydrogens is 234 g/mol. The first kappa shape index (κ1) is 13.6. The molecule has 0 saturated carbocycles. The highest BCUT2D eigenvalue weighted by molar-refractivity contribution is 8.07. The summed E-state index contributed by atoms with van der Waals surface area (Å²) in [7, 11) is 7.18. The maximum absolute atomic E-state index is 9.55. The Morgan fingerprint density at radius 2 is 2.33 bits per heavy atom. The van der Waals surface area contributed by atoms with Crippen molar-refractivity contribution in [3.63, 3.8) is 0 Å². The average Bonchev–Trinajstić information content (AvgIpc) is 2.40. The van der Waals surface area contributed by atoms with E-state index in [1.807, 2.05) is 6.92 Å². The van der Waals surface area contributed by atoms with Crippen molar-refractivity contribution >= 4 is 26.4 Å². The largest absolute Gasteiger partial charge is 0.379 e.